The predicted molar refractivity (Wildman–Crippen MR) is 103 cm³/mol. The van der Waals surface area contributed by atoms with Crippen LogP contribution in [0.4, 0.5) is 0 Å². The van der Waals surface area contributed by atoms with Crippen molar-refractivity contribution in [2.75, 3.05) is 6.54 Å². The van der Waals surface area contributed by atoms with E-state index in [4.69, 9.17) is 0 Å². The topological polar surface area (TPSA) is 90.0 Å². The number of aliphatic hydroxyl groups excluding tert-OH is 1. The van der Waals surface area contributed by atoms with Crippen LogP contribution in [0, 0.1) is 0 Å². The van der Waals surface area contributed by atoms with Crippen molar-refractivity contribution in [2.24, 2.45) is 0 Å². The standard InChI is InChI=1S/C19H20N4O2.ClH/c24-14-9-17(20-11-14)19(25)21-10-12-5-7-13(8-6-12)18-22-15-3-1-2-4-16(15)23-18;/h1-8,14,17,20,24H,9-11H2,(H,21,25)(H,22,23);1H. The molecule has 0 spiro atoms. The van der Waals surface area contributed by atoms with Gasteiger partial charge in [0.15, 0.2) is 0 Å². The Morgan fingerprint density at radius 3 is 2.65 bits per heavy atom. The van der Waals surface area contributed by atoms with E-state index in [0.717, 1.165) is 28.0 Å². The predicted octanol–water partition coefficient (Wildman–Crippen LogP) is 1.99. The maximum atomic E-state index is 12.1. The molecule has 4 rings (SSSR count). The van der Waals surface area contributed by atoms with Gasteiger partial charge in [-0.1, -0.05) is 36.4 Å². The first kappa shape index (κ1) is 18.4. The van der Waals surface area contributed by atoms with Gasteiger partial charge in [0.25, 0.3) is 0 Å². The summed E-state index contributed by atoms with van der Waals surface area (Å²) < 4.78 is 0. The van der Waals surface area contributed by atoms with E-state index in [0.29, 0.717) is 19.5 Å². The molecule has 1 aliphatic heterocycles. The molecule has 0 aliphatic carbocycles. The highest BCUT2D eigenvalue weighted by atomic mass is 35.5. The Hall–Kier alpha value is -2.41. The largest absolute Gasteiger partial charge is 0.392 e. The number of fused-ring (bicyclic) bond motifs is 1. The van der Waals surface area contributed by atoms with Gasteiger partial charge in [0.05, 0.1) is 23.2 Å². The first-order valence-corrected chi connectivity index (χ1v) is 8.42. The minimum absolute atomic E-state index is 0. The van der Waals surface area contributed by atoms with Gasteiger partial charge in [-0.2, -0.15) is 0 Å². The number of aromatic nitrogens is 2. The highest BCUT2D eigenvalue weighted by Crippen LogP contribution is 2.20. The summed E-state index contributed by atoms with van der Waals surface area (Å²) in [7, 11) is 0. The average molecular weight is 373 g/mol. The fourth-order valence-electron chi connectivity index (χ4n) is 3.10. The Balaban J connectivity index is 0.00000196. The van der Waals surface area contributed by atoms with E-state index < -0.39 is 6.10 Å². The summed E-state index contributed by atoms with van der Waals surface area (Å²) in [4.78, 5) is 20.0. The lowest BCUT2D eigenvalue weighted by atomic mass is 10.1. The van der Waals surface area contributed by atoms with Crippen molar-refractivity contribution in [3.05, 3.63) is 54.1 Å². The molecule has 0 saturated carbocycles. The van der Waals surface area contributed by atoms with Crippen molar-refractivity contribution in [2.45, 2.75) is 25.1 Å². The number of hydrogen-bond acceptors (Lipinski definition) is 4. The number of para-hydroxylation sites is 2. The zero-order chi connectivity index (χ0) is 17.2. The van der Waals surface area contributed by atoms with Crippen LogP contribution in [0.3, 0.4) is 0 Å². The van der Waals surface area contributed by atoms with E-state index in [9.17, 15) is 9.90 Å². The Bertz CT molecular complexity index is 861. The molecule has 2 aromatic carbocycles. The molecule has 3 aromatic rings. The van der Waals surface area contributed by atoms with Crippen molar-refractivity contribution in [3.63, 3.8) is 0 Å². The van der Waals surface area contributed by atoms with Crippen LogP contribution in [0.5, 0.6) is 0 Å². The summed E-state index contributed by atoms with van der Waals surface area (Å²) in [6.45, 7) is 0.942. The summed E-state index contributed by atoms with van der Waals surface area (Å²) >= 11 is 0. The second-order valence-electron chi connectivity index (χ2n) is 6.37. The molecule has 1 fully saturated rings. The van der Waals surface area contributed by atoms with E-state index in [1.54, 1.807) is 0 Å². The summed E-state index contributed by atoms with van der Waals surface area (Å²) in [6.07, 6.45) is 0.0374. The first-order valence-electron chi connectivity index (χ1n) is 8.42. The third-order valence-electron chi connectivity index (χ3n) is 4.51. The number of imidazole rings is 1. The number of carbonyl (C=O) groups excluding carboxylic acids is 1. The summed E-state index contributed by atoms with van der Waals surface area (Å²) in [5.41, 5.74) is 3.98. The number of hydrogen-bond donors (Lipinski definition) is 4. The number of H-pyrrole nitrogens is 1. The number of rotatable bonds is 4. The highest BCUT2D eigenvalue weighted by Gasteiger charge is 2.27. The number of nitrogens with zero attached hydrogens (tertiary/aromatic N) is 1. The number of β-amino-alcohol motifs (C(OH)–C–C–N with tert-alkyl or cyclic N) is 1. The van der Waals surface area contributed by atoms with E-state index in [-0.39, 0.29) is 24.4 Å². The maximum Gasteiger partial charge on any atom is 0.237 e. The molecule has 1 amide bonds. The number of nitrogens with one attached hydrogen (secondary N) is 3. The van der Waals surface area contributed by atoms with Crippen molar-refractivity contribution in [1.29, 1.82) is 0 Å². The van der Waals surface area contributed by atoms with Crippen LogP contribution >= 0.6 is 12.4 Å². The molecule has 0 radical (unpaired) electrons. The number of aliphatic hydroxyl groups is 1. The van der Waals surface area contributed by atoms with Gasteiger partial charge < -0.3 is 20.7 Å². The number of halogens is 1. The van der Waals surface area contributed by atoms with Crippen molar-refractivity contribution in [1.82, 2.24) is 20.6 Å². The Labute approximate surface area is 157 Å². The second-order valence-corrected chi connectivity index (χ2v) is 6.37. The van der Waals surface area contributed by atoms with Gasteiger partial charge in [0.2, 0.25) is 5.91 Å². The van der Waals surface area contributed by atoms with Gasteiger partial charge in [-0.3, -0.25) is 4.79 Å². The molecule has 2 heterocycles. The van der Waals surface area contributed by atoms with Crippen LogP contribution in [0.25, 0.3) is 22.4 Å². The summed E-state index contributed by atoms with van der Waals surface area (Å²) in [5, 5.41) is 15.4. The lowest BCUT2D eigenvalue weighted by Crippen LogP contribution is -2.39. The third-order valence-corrected chi connectivity index (χ3v) is 4.51. The molecule has 1 saturated heterocycles. The van der Waals surface area contributed by atoms with Crippen molar-refractivity contribution >= 4 is 29.3 Å². The molecular weight excluding hydrogens is 352 g/mol. The quantitative estimate of drug-likeness (QED) is 0.564. The number of carbonyl (C=O) groups is 1. The summed E-state index contributed by atoms with van der Waals surface area (Å²) in [6, 6.07) is 15.6. The lowest BCUT2D eigenvalue weighted by molar-refractivity contribution is -0.123. The highest BCUT2D eigenvalue weighted by molar-refractivity contribution is 5.85. The summed E-state index contributed by atoms with van der Waals surface area (Å²) in [5.74, 6) is 0.763. The van der Waals surface area contributed by atoms with Crippen LogP contribution in [0.2, 0.25) is 0 Å². The molecule has 7 heteroatoms. The lowest BCUT2D eigenvalue weighted by Gasteiger charge is -2.11. The van der Waals surface area contributed by atoms with Crippen LogP contribution in [-0.2, 0) is 11.3 Å². The van der Waals surface area contributed by atoms with E-state index in [2.05, 4.69) is 20.6 Å². The fraction of sp³-hybridized carbons (Fsp3) is 0.263. The van der Waals surface area contributed by atoms with Gasteiger partial charge in [0, 0.05) is 18.7 Å². The normalized spacial score (nSPS) is 19.3. The van der Waals surface area contributed by atoms with Crippen LogP contribution < -0.4 is 10.6 Å². The molecule has 2 atom stereocenters. The smallest absolute Gasteiger partial charge is 0.237 e. The Morgan fingerprint density at radius 1 is 1.19 bits per heavy atom. The first-order chi connectivity index (χ1) is 12.2. The number of benzene rings is 2. The van der Waals surface area contributed by atoms with Crippen LogP contribution in [0.1, 0.15) is 12.0 Å². The zero-order valence-electron chi connectivity index (χ0n) is 14.1. The molecule has 6 nitrogen and oxygen atoms in total. The van der Waals surface area contributed by atoms with Gasteiger partial charge in [-0.25, -0.2) is 4.98 Å². The molecule has 1 aliphatic rings. The molecule has 2 unspecified atom stereocenters. The minimum atomic E-state index is -0.432. The SMILES string of the molecule is Cl.O=C(NCc1ccc(-c2nc3ccccc3[nH]2)cc1)C1CC(O)CN1. The molecule has 26 heavy (non-hydrogen) atoms. The molecule has 136 valence electrons. The van der Waals surface area contributed by atoms with E-state index in [1.807, 2.05) is 48.5 Å². The number of amides is 1. The zero-order valence-corrected chi connectivity index (χ0v) is 14.9. The molecule has 0 bridgehead atoms. The second kappa shape index (κ2) is 7.86. The molecule has 1 aromatic heterocycles. The van der Waals surface area contributed by atoms with Gasteiger partial charge >= 0.3 is 0 Å². The van der Waals surface area contributed by atoms with Crippen molar-refractivity contribution in [3.8, 4) is 11.4 Å². The van der Waals surface area contributed by atoms with Gasteiger partial charge in [-0.05, 0) is 24.1 Å². The van der Waals surface area contributed by atoms with Crippen molar-refractivity contribution < 1.29 is 9.90 Å². The molecular formula is C19H21ClN4O2. The Kier molecular flexibility index (Phi) is 5.56. The van der Waals surface area contributed by atoms with Gasteiger partial charge in [0.1, 0.15) is 5.82 Å². The minimum Gasteiger partial charge on any atom is -0.392 e. The number of aromatic amines is 1. The van der Waals surface area contributed by atoms with Crippen LogP contribution in [0.15, 0.2) is 48.5 Å². The van der Waals surface area contributed by atoms with Crippen LogP contribution in [-0.4, -0.2) is 39.7 Å². The monoisotopic (exact) mass is 372 g/mol. The average Bonchev–Trinajstić information content (AvgIpc) is 3.26. The maximum absolute atomic E-state index is 12.1. The molecule has 4 N–H and O–H groups in total. The van der Waals surface area contributed by atoms with Gasteiger partial charge in [-0.15, -0.1) is 12.4 Å². The third kappa shape index (κ3) is 3.88. The van der Waals surface area contributed by atoms with E-state index >= 15 is 0 Å². The van der Waals surface area contributed by atoms with E-state index in [1.165, 1.54) is 0 Å². The Morgan fingerprint density at radius 2 is 1.96 bits per heavy atom. The fourth-order valence-corrected chi connectivity index (χ4v) is 3.10.